The lowest BCUT2D eigenvalue weighted by molar-refractivity contribution is 0.0676. The Morgan fingerprint density at radius 3 is 2.55 bits per heavy atom. The SMILES string of the molecule is CCCNc1ccc(C(=O)N2C(C)CCC2CC)cc1. The number of carbonyl (C=O) groups excluding carboxylic acids is 1. The quantitative estimate of drug-likeness (QED) is 0.883. The fourth-order valence-corrected chi connectivity index (χ4v) is 2.99. The van der Waals surface area contributed by atoms with Gasteiger partial charge in [0.2, 0.25) is 0 Å². The van der Waals surface area contributed by atoms with Gasteiger partial charge in [0, 0.05) is 29.9 Å². The molecule has 0 spiro atoms. The number of likely N-dealkylation sites (tertiary alicyclic amines) is 1. The summed E-state index contributed by atoms with van der Waals surface area (Å²) in [5.74, 6) is 0.184. The number of hydrogen-bond acceptors (Lipinski definition) is 2. The Labute approximate surface area is 122 Å². The molecule has 1 saturated heterocycles. The molecular weight excluding hydrogens is 248 g/mol. The van der Waals surface area contributed by atoms with Crippen LogP contribution < -0.4 is 5.32 Å². The first-order valence-corrected chi connectivity index (χ1v) is 7.84. The van der Waals surface area contributed by atoms with Crippen LogP contribution in [0.1, 0.15) is 56.8 Å². The van der Waals surface area contributed by atoms with E-state index in [2.05, 4.69) is 31.0 Å². The van der Waals surface area contributed by atoms with Crippen molar-refractivity contribution in [2.45, 2.75) is 58.5 Å². The average molecular weight is 274 g/mol. The highest BCUT2D eigenvalue weighted by atomic mass is 16.2. The number of hydrogen-bond donors (Lipinski definition) is 1. The standard InChI is InChI=1S/C17H26N2O/c1-4-12-18-15-9-7-14(8-10-15)17(20)19-13(3)6-11-16(19)5-2/h7-10,13,16,18H,4-6,11-12H2,1-3H3. The molecule has 1 heterocycles. The maximum atomic E-state index is 12.7. The Morgan fingerprint density at radius 2 is 1.95 bits per heavy atom. The Kier molecular flexibility index (Phi) is 5.05. The predicted octanol–water partition coefficient (Wildman–Crippen LogP) is 3.91. The van der Waals surface area contributed by atoms with E-state index in [0.29, 0.717) is 12.1 Å². The number of amides is 1. The van der Waals surface area contributed by atoms with Crippen molar-refractivity contribution in [3.05, 3.63) is 29.8 Å². The minimum Gasteiger partial charge on any atom is -0.385 e. The molecule has 1 amide bonds. The highest BCUT2D eigenvalue weighted by molar-refractivity contribution is 5.95. The topological polar surface area (TPSA) is 32.3 Å². The third-order valence-electron chi connectivity index (χ3n) is 4.20. The fourth-order valence-electron chi connectivity index (χ4n) is 2.99. The molecule has 0 aromatic heterocycles. The first kappa shape index (κ1) is 14.9. The van der Waals surface area contributed by atoms with E-state index < -0.39 is 0 Å². The van der Waals surface area contributed by atoms with Crippen molar-refractivity contribution >= 4 is 11.6 Å². The largest absolute Gasteiger partial charge is 0.385 e. The number of anilines is 1. The summed E-state index contributed by atoms with van der Waals surface area (Å²) in [6.45, 7) is 7.43. The van der Waals surface area contributed by atoms with Gasteiger partial charge < -0.3 is 10.2 Å². The number of nitrogens with one attached hydrogen (secondary N) is 1. The molecule has 110 valence electrons. The van der Waals surface area contributed by atoms with Crippen LogP contribution in [0.25, 0.3) is 0 Å². The van der Waals surface area contributed by atoms with Crippen LogP contribution in [0.2, 0.25) is 0 Å². The fraction of sp³-hybridized carbons (Fsp3) is 0.588. The van der Waals surface area contributed by atoms with Crippen LogP contribution in [0.4, 0.5) is 5.69 Å². The minimum absolute atomic E-state index is 0.184. The van der Waals surface area contributed by atoms with Crippen LogP contribution in [0.5, 0.6) is 0 Å². The average Bonchev–Trinajstić information content (AvgIpc) is 2.86. The number of carbonyl (C=O) groups is 1. The molecule has 1 aliphatic rings. The van der Waals surface area contributed by atoms with Gasteiger partial charge in [0.25, 0.3) is 5.91 Å². The van der Waals surface area contributed by atoms with E-state index in [1.807, 2.05) is 24.3 Å². The Morgan fingerprint density at radius 1 is 1.25 bits per heavy atom. The van der Waals surface area contributed by atoms with Gasteiger partial charge in [0.1, 0.15) is 0 Å². The zero-order chi connectivity index (χ0) is 14.5. The molecule has 20 heavy (non-hydrogen) atoms. The van der Waals surface area contributed by atoms with Gasteiger partial charge in [-0.1, -0.05) is 13.8 Å². The molecule has 0 radical (unpaired) electrons. The Bertz CT molecular complexity index is 441. The molecule has 0 bridgehead atoms. The lowest BCUT2D eigenvalue weighted by Gasteiger charge is -2.28. The van der Waals surface area contributed by atoms with Gasteiger partial charge >= 0.3 is 0 Å². The molecule has 3 nitrogen and oxygen atoms in total. The molecule has 1 aromatic carbocycles. The summed E-state index contributed by atoms with van der Waals surface area (Å²) in [7, 11) is 0. The van der Waals surface area contributed by atoms with Crippen molar-refractivity contribution in [3.8, 4) is 0 Å². The Hall–Kier alpha value is -1.51. The number of rotatable bonds is 5. The smallest absolute Gasteiger partial charge is 0.254 e. The summed E-state index contributed by atoms with van der Waals surface area (Å²) in [4.78, 5) is 14.7. The summed E-state index contributed by atoms with van der Waals surface area (Å²) in [5.41, 5.74) is 1.89. The lowest BCUT2D eigenvalue weighted by atomic mass is 10.1. The molecule has 2 rings (SSSR count). The summed E-state index contributed by atoms with van der Waals surface area (Å²) in [6.07, 6.45) is 4.41. The van der Waals surface area contributed by atoms with Crippen molar-refractivity contribution in [1.82, 2.24) is 4.90 Å². The van der Waals surface area contributed by atoms with Crippen LogP contribution in [0.15, 0.2) is 24.3 Å². The zero-order valence-electron chi connectivity index (χ0n) is 12.9. The predicted molar refractivity (Wildman–Crippen MR) is 84.2 cm³/mol. The second-order valence-corrected chi connectivity index (χ2v) is 5.70. The number of nitrogens with zero attached hydrogens (tertiary/aromatic N) is 1. The summed E-state index contributed by atoms with van der Waals surface area (Å²) < 4.78 is 0. The second-order valence-electron chi connectivity index (χ2n) is 5.70. The first-order chi connectivity index (χ1) is 9.67. The van der Waals surface area contributed by atoms with E-state index in [1.165, 1.54) is 0 Å². The first-order valence-electron chi connectivity index (χ1n) is 7.84. The van der Waals surface area contributed by atoms with Gasteiger partial charge in [-0.25, -0.2) is 0 Å². The van der Waals surface area contributed by atoms with Crippen LogP contribution >= 0.6 is 0 Å². The summed E-state index contributed by atoms with van der Waals surface area (Å²) >= 11 is 0. The van der Waals surface area contributed by atoms with Crippen LogP contribution in [-0.4, -0.2) is 29.4 Å². The van der Waals surface area contributed by atoms with Crippen LogP contribution in [-0.2, 0) is 0 Å². The van der Waals surface area contributed by atoms with Crippen molar-refractivity contribution in [2.24, 2.45) is 0 Å². The van der Waals surface area contributed by atoms with Gasteiger partial charge in [-0.2, -0.15) is 0 Å². The van der Waals surface area contributed by atoms with Gasteiger partial charge in [-0.3, -0.25) is 4.79 Å². The highest BCUT2D eigenvalue weighted by Crippen LogP contribution is 2.28. The Balaban J connectivity index is 2.08. The van der Waals surface area contributed by atoms with Crippen molar-refractivity contribution in [1.29, 1.82) is 0 Å². The normalized spacial score (nSPS) is 22.1. The molecular formula is C17H26N2O. The molecule has 0 aliphatic carbocycles. The maximum Gasteiger partial charge on any atom is 0.254 e. The third kappa shape index (κ3) is 3.14. The van der Waals surface area contributed by atoms with Gasteiger partial charge in [-0.05, 0) is 56.9 Å². The second kappa shape index (κ2) is 6.78. The molecule has 3 heteroatoms. The molecule has 1 N–H and O–H groups in total. The minimum atomic E-state index is 0.184. The third-order valence-corrected chi connectivity index (χ3v) is 4.20. The molecule has 2 atom stereocenters. The monoisotopic (exact) mass is 274 g/mol. The zero-order valence-corrected chi connectivity index (χ0v) is 12.9. The van der Waals surface area contributed by atoms with E-state index >= 15 is 0 Å². The van der Waals surface area contributed by atoms with Crippen LogP contribution in [0.3, 0.4) is 0 Å². The highest BCUT2D eigenvalue weighted by Gasteiger charge is 2.33. The van der Waals surface area contributed by atoms with E-state index in [-0.39, 0.29) is 5.91 Å². The van der Waals surface area contributed by atoms with Crippen molar-refractivity contribution < 1.29 is 4.79 Å². The van der Waals surface area contributed by atoms with Gasteiger partial charge in [0.15, 0.2) is 0 Å². The van der Waals surface area contributed by atoms with E-state index in [4.69, 9.17) is 0 Å². The van der Waals surface area contributed by atoms with Crippen LogP contribution in [0, 0.1) is 0 Å². The van der Waals surface area contributed by atoms with E-state index in [1.54, 1.807) is 0 Å². The molecule has 0 saturated carbocycles. The van der Waals surface area contributed by atoms with Gasteiger partial charge in [0.05, 0.1) is 0 Å². The maximum absolute atomic E-state index is 12.7. The molecule has 1 aromatic rings. The van der Waals surface area contributed by atoms with Crippen molar-refractivity contribution in [3.63, 3.8) is 0 Å². The van der Waals surface area contributed by atoms with E-state index in [9.17, 15) is 4.79 Å². The molecule has 1 aliphatic heterocycles. The summed E-state index contributed by atoms with van der Waals surface area (Å²) in [6, 6.07) is 8.67. The van der Waals surface area contributed by atoms with Gasteiger partial charge in [-0.15, -0.1) is 0 Å². The lowest BCUT2D eigenvalue weighted by Crippen LogP contribution is -2.39. The van der Waals surface area contributed by atoms with E-state index in [0.717, 1.165) is 43.5 Å². The van der Waals surface area contributed by atoms with Crippen molar-refractivity contribution in [2.75, 3.05) is 11.9 Å². The molecule has 2 unspecified atom stereocenters. The summed E-state index contributed by atoms with van der Waals surface area (Å²) in [5, 5.41) is 3.33. The molecule has 1 fully saturated rings. The number of benzene rings is 1.